The van der Waals surface area contributed by atoms with E-state index in [1.54, 1.807) is 0 Å². The number of nitrogens with zero attached hydrogens (tertiary/aromatic N) is 1. The van der Waals surface area contributed by atoms with Gasteiger partial charge in [0.2, 0.25) is 0 Å². The third-order valence-electron chi connectivity index (χ3n) is 3.98. The summed E-state index contributed by atoms with van der Waals surface area (Å²) in [5.41, 5.74) is 1.42. The zero-order chi connectivity index (χ0) is 12.1. The van der Waals surface area contributed by atoms with Gasteiger partial charge in [-0.1, -0.05) is 51.3 Å². The van der Waals surface area contributed by atoms with Crippen LogP contribution >= 0.6 is 0 Å². The smallest absolute Gasteiger partial charge is 0.0368 e. The summed E-state index contributed by atoms with van der Waals surface area (Å²) < 4.78 is 0. The van der Waals surface area contributed by atoms with Gasteiger partial charge in [-0.3, -0.25) is 0 Å². The molecule has 1 heterocycles. The maximum Gasteiger partial charge on any atom is 0.0368 e. The molecule has 2 atom stereocenters. The summed E-state index contributed by atoms with van der Waals surface area (Å²) in [6.07, 6.45) is 6.80. The fourth-order valence-electron chi connectivity index (χ4n) is 2.98. The Morgan fingerprint density at radius 3 is 2.47 bits per heavy atom. The summed E-state index contributed by atoms with van der Waals surface area (Å²) in [6.45, 7) is 5.87. The highest BCUT2D eigenvalue weighted by Gasteiger charge is 2.37. The fraction of sp³-hybridized carbons (Fsp3) is 0.625. The molecule has 0 aliphatic carbocycles. The molecule has 17 heavy (non-hydrogen) atoms. The highest BCUT2D eigenvalue weighted by atomic mass is 15.2. The molecule has 0 amide bonds. The second-order valence-corrected chi connectivity index (χ2v) is 5.25. The average Bonchev–Trinajstić information content (AvgIpc) is 2.36. The van der Waals surface area contributed by atoms with E-state index >= 15 is 0 Å². The minimum absolute atomic E-state index is 0.800. The molecule has 2 rings (SSSR count). The predicted molar refractivity (Wildman–Crippen MR) is 75.5 cm³/mol. The van der Waals surface area contributed by atoms with Gasteiger partial charge >= 0.3 is 0 Å². The molecule has 0 aromatic heterocycles. The number of anilines is 1. The van der Waals surface area contributed by atoms with E-state index in [2.05, 4.69) is 49.1 Å². The molecule has 1 aliphatic rings. The van der Waals surface area contributed by atoms with Crippen molar-refractivity contribution in [1.82, 2.24) is 0 Å². The summed E-state index contributed by atoms with van der Waals surface area (Å²) in [5.74, 6) is 0.940. The summed E-state index contributed by atoms with van der Waals surface area (Å²) in [4.78, 5) is 2.60. The van der Waals surface area contributed by atoms with Crippen molar-refractivity contribution in [2.45, 2.75) is 52.0 Å². The molecule has 0 bridgehead atoms. The minimum atomic E-state index is 0.800. The lowest BCUT2D eigenvalue weighted by Gasteiger charge is -2.50. The first-order chi connectivity index (χ1) is 8.36. The quantitative estimate of drug-likeness (QED) is 0.697. The minimum Gasteiger partial charge on any atom is -0.368 e. The first-order valence-electron chi connectivity index (χ1n) is 7.18. The van der Waals surface area contributed by atoms with Crippen molar-refractivity contribution >= 4 is 5.69 Å². The maximum atomic E-state index is 2.60. The van der Waals surface area contributed by atoms with Gasteiger partial charge in [-0.2, -0.15) is 0 Å². The van der Waals surface area contributed by atoms with E-state index in [0.29, 0.717) is 0 Å². The molecule has 0 N–H and O–H groups in total. The van der Waals surface area contributed by atoms with Crippen LogP contribution in [-0.2, 0) is 0 Å². The van der Waals surface area contributed by atoms with Crippen molar-refractivity contribution in [1.29, 1.82) is 0 Å². The Hall–Kier alpha value is -0.980. The second kappa shape index (κ2) is 6.09. The lowest BCUT2D eigenvalue weighted by molar-refractivity contribution is 0.255. The molecule has 0 spiro atoms. The monoisotopic (exact) mass is 231 g/mol. The van der Waals surface area contributed by atoms with Gasteiger partial charge in [0.05, 0.1) is 0 Å². The van der Waals surface area contributed by atoms with Crippen molar-refractivity contribution in [3.05, 3.63) is 30.3 Å². The zero-order valence-corrected chi connectivity index (χ0v) is 11.2. The summed E-state index contributed by atoms with van der Waals surface area (Å²) in [5, 5.41) is 0. The van der Waals surface area contributed by atoms with E-state index in [9.17, 15) is 0 Å². The molecule has 0 saturated carbocycles. The molecule has 1 nitrogen and oxygen atoms in total. The summed E-state index contributed by atoms with van der Waals surface area (Å²) >= 11 is 0. The molecule has 0 radical (unpaired) electrons. The fourth-order valence-corrected chi connectivity index (χ4v) is 2.98. The van der Waals surface area contributed by atoms with Gasteiger partial charge in [0.15, 0.2) is 0 Å². The van der Waals surface area contributed by atoms with E-state index < -0.39 is 0 Å². The molecule has 1 aromatic rings. The van der Waals surface area contributed by atoms with Crippen LogP contribution in [0.15, 0.2) is 30.3 Å². The molecule has 1 aliphatic heterocycles. The van der Waals surface area contributed by atoms with E-state index in [-0.39, 0.29) is 0 Å². The van der Waals surface area contributed by atoms with Crippen molar-refractivity contribution in [2.75, 3.05) is 11.4 Å². The molecule has 94 valence electrons. The van der Waals surface area contributed by atoms with E-state index in [1.807, 2.05) is 0 Å². The molecular formula is C16H25N. The third kappa shape index (κ3) is 2.83. The number of rotatable bonds is 6. The molecular weight excluding hydrogens is 206 g/mol. The van der Waals surface area contributed by atoms with Crippen LogP contribution in [0, 0.1) is 5.92 Å². The van der Waals surface area contributed by atoms with Crippen LogP contribution in [0.2, 0.25) is 0 Å². The van der Waals surface area contributed by atoms with Crippen LogP contribution in [-0.4, -0.2) is 12.6 Å². The standard InChI is InChI=1S/C16H25N/c1-3-5-10-14-13-17(16(14)9-4-2)15-11-7-6-8-12-15/h6-8,11-12,14,16H,3-5,9-10,13H2,1-2H3/t14-,16+/m0/s1. The Kier molecular flexibility index (Phi) is 4.47. The highest BCUT2D eigenvalue weighted by Crippen LogP contribution is 2.36. The SMILES string of the molecule is CCCC[C@H]1CN(c2ccccc2)[C@@H]1CCC. The average molecular weight is 231 g/mol. The van der Waals surface area contributed by atoms with Crippen LogP contribution < -0.4 is 4.90 Å². The number of hydrogen-bond donors (Lipinski definition) is 0. The molecule has 1 aromatic carbocycles. The van der Waals surface area contributed by atoms with Crippen molar-refractivity contribution < 1.29 is 0 Å². The van der Waals surface area contributed by atoms with Crippen LogP contribution in [0.3, 0.4) is 0 Å². The van der Waals surface area contributed by atoms with Crippen LogP contribution in [0.4, 0.5) is 5.69 Å². The number of benzene rings is 1. The number of hydrogen-bond acceptors (Lipinski definition) is 1. The number of unbranched alkanes of at least 4 members (excludes halogenated alkanes) is 1. The third-order valence-corrected chi connectivity index (χ3v) is 3.98. The van der Waals surface area contributed by atoms with Crippen LogP contribution in [0.5, 0.6) is 0 Å². The maximum absolute atomic E-state index is 2.60. The van der Waals surface area contributed by atoms with Crippen molar-refractivity contribution in [3.8, 4) is 0 Å². The highest BCUT2D eigenvalue weighted by molar-refractivity contribution is 5.50. The Labute approximate surface area is 106 Å². The van der Waals surface area contributed by atoms with Crippen molar-refractivity contribution in [3.63, 3.8) is 0 Å². The molecule has 1 fully saturated rings. The van der Waals surface area contributed by atoms with Gasteiger partial charge in [0, 0.05) is 18.3 Å². The Bertz CT molecular complexity index is 320. The summed E-state index contributed by atoms with van der Waals surface area (Å²) in [7, 11) is 0. The Balaban J connectivity index is 1.96. The normalized spacial score (nSPS) is 23.5. The van der Waals surface area contributed by atoms with Gasteiger partial charge in [-0.25, -0.2) is 0 Å². The van der Waals surface area contributed by atoms with E-state index in [0.717, 1.165) is 12.0 Å². The molecule has 1 saturated heterocycles. The van der Waals surface area contributed by atoms with Crippen molar-refractivity contribution in [2.24, 2.45) is 5.92 Å². The van der Waals surface area contributed by atoms with Crippen LogP contribution in [0.25, 0.3) is 0 Å². The number of para-hydroxylation sites is 1. The lowest BCUT2D eigenvalue weighted by atomic mass is 9.81. The lowest BCUT2D eigenvalue weighted by Crippen LogP contribution is -2.56. The Morgan fingerprint density at radius 2 is 1.82 bits per heavy atom. The molecule has 0 unspecified atom stereocenters. The Morgan fingerprint density at radius 1 is 1.06 bits per heavy atom. The van der Waals surface area contributed by atoms with Gasteiger partial charge in [-0.05, 0) is 30.9 Å². The van der Waals surface area contributed by atoms with Gasteiger partial charge in [-0.15, -0.1) is 0 Å². The summed E-state index contributed by atoms with van der Waals surface area (Å²) in [6, 6.07) is 11.7. The zero-order valence-electron chi connectivity index (χ0n) is 11.2. The van der Waals surface area contributed by atoms with E-state index in [4.69, 9.17) is 0 Å². The van der Waals surface area contributed by atoms with Gasteiger partial charge in [0.1, 0.15) is 0 Å². The van der Waals surface area contributed by atoms with Gasteiger partial charge in [0.25, 0.3) is 0 Å². The van der Waals surface area contributed by atoms with E-state index in [1.165, 1.54) is 44.3 Å². The predicted octanol–water partition coefficient (Wildman–Crippen LogP) is 4.48. The molecule has 1 heteroatoms. The largest absolute Gasteiger partial charge is 0.368 e. The van der Waals surface area contributed by atoms with Gasteiger partial charge < -0.3 is 4.90 Å². The first kappa shape index (κ1) is 12.5. The van der Waals surface area contributed by atoms with Crippen LogP contribution in [0.1, 0.15) is 46.0 Å². The topological polar surface area (TPSA) is 3.24 Å². The second-order valence-electron chi connectivity index (χ2n) is 5.25. The first-order valence-corrected chi connectivity index (χ1v) is 7.18.